The van der Waals surface area contributed by atoms with E-state index in [2.05, 4.69) is 9.97 Å². The van der Waals surface area contributed by atoms with Crippen molar-refractivity contribution in [1.29, 1.82) is 0 Å². The zero-order valence-electron chi connectivity index (χ0n) is 16.6. The highest BCUT2D eigenvalue weighted by atomic mass is 32.1. The van der Waals surface area contributed by atoms with Crippen LogP contribution < -0.4 is 4.74 Å². The van der Waals surface area contributed by atoms with E-state index >= 15 is 0 Å². The third-order valence-electron chi connectivity index (χ3n) is 5.21. The van der Waals surface area contributed by atoms with Crippen LogP contribution in [0.3, 0.4) is 0 Å². The van der Waals surface area contributed by atoms with Crippen LogP contribution >= 0.6 is 11.3 Å². The van der Waals surface area contributed by atoms with Crippen LogP contribution in [0.5, 0.6) is 5.75 Å². The number of benzene rings is 1. The Kier molecular flexibility index (Phi) is 6.20. The molecule has 0 aliphatic carbocycles. The molecule has 1 aliphatic heterocycles. The molecule has 1 unspecified atom stereocenters. The van der Waals surface area contributed by atoms with E-state index < -0.39 is 0 Å². The maximum atomic E-state index is 13.5. The van der Waals surface area contributed by atoms with Crippen LogP contribution in [0.15, 0.2) is 54.9 Å². The van der Waals surface area contributed by atoms with Gasteiger partial charge in [0, 0.05) is 25.2 Å². The second-order valence-corrected chi connectivity index (χ2v) is 8.45. The van der Waals surface area contributed by atoms with E-state index in [1.165, 1.54) is 0 Å². The van der Waals surface area contributed by atoms with Crippen molar-refractivity contribution in [2.24, 2.45) is 0 Å². The minimum Gasteiger partial charge on any atom is -0.492 e. The molecular weight excluding hydrogens is 382 g/mol. The Balaban J connectivity index is 1.49. The molecule has 0 N–H and O–H groups in total. The number of amides is 1. The van der Waals surface area contributed by atoms with E-state index in [1.54, 1.807) is 23.7 Å². The number of hydrogen-bond acceptors (Lipinski definition) is 5. The first-order valence-corrected chi connectivity index (χ1v) is 10.9. The van der Waals surface area contributed by atoms with Gasteiger partial charge in [-0.3, -0.25) is 9.78 Å². The number of ether oxygens (including phenoxy) is 1. The predicted molar refractivity (Wildman–Crippen MR) is 115 cm³/mol. The molecular formula is C23H25N3O2S. The van der Waals surface area contributed by atoms with E-state index in [1.807, 2.05) is 54.3 Å². The Labute approximate surface area is 175 Å². The summed E-state index contributed by atoms with van der Waals surface area (Å²) in [6, 6.07) is 14.0. The van der Waals surface area contributed by atoms with Crippen molar-refractivity contribution in [3.63, 3.8) is 0 Å². The summed E-state index contributed by atoms with van der Waals surface area (Å²) >= 11 is 1.59. The second-order valence-electron chi connectivity index (χ2n) is 7.25. The standard InChI is InChI=1S/C23H25N3O2S/c1-17-25-21(22(29-17)18-8-3-2-4-9-18)23(27)26-14-6-5-10-19(26)12-15-28-20-11-7-13-24-16-20/h2-4,7-9,11,13,16,19H,5-6,10,12,14-15H2,1H3. The topological polar surface area (TPSA) is 55.3 Å². The summed E-state index contributed by atoms with van der Waals surface area (Å²) in [6.45, 7) is 3.31. The molecule has 5 nitrogen and oxygen atoms in total. The lowest BCUT2D eigenvalue weighted by Gasteiger charge is -2.35. The molecule has 0 saturated carbocycles. The van der Waals surface area contributed by atoms with E-state index in [-0.39, 0.29) is 11.9 Å². The summed E-state index contributed by atoms with van der Waals surface area (Å²) in [6.07, 6.45) is 7.44. The lowest BCUT2D eigenvalue weighted by molar-refractivity contribution is 0.0576. The van der Waals surface area contributed by atoms with Crippen molar-refractivity contribution in [3.05, 3.63) is 65.6 Å². The number of likely N-dealkylation sites (tertiary alicyclic amines) is 1. The molecule has 1 fully saturated rings. The van der Waals surface area contributed by atoms with Gasteiger partial charge < -0.3 is 9.64 Å². The molecule has 1 aliphatic rings. The minimum absolute atomic E-state index is 0.0410. The normalized spacial score (nSPS) is 16.6. The van der Waals surface area contributed by atoms with Gasteiger partial charge >= 0.3 is 0 Å². The number of piperidine rings is 1. The lowest BCUT2D eigenvalue weighted by atomic mass is 9.98. The molecule has 0 spiro atoms. The highest BCUT2D eigenvalue weighted by Gasteiger charge is 2.30. The molecule has 1 amide bonds. The quantitative estimate of drug-likeness (QED) is 0.578. The molecule has 2 aromatic heterocycles. The zero-order valence-corrected chi connectivity index (χ0v) is 17.4. The summed E-state index contributed by atoms with van der Waals surface area (Å²) in [5.74, 6) is 0.807. The van der Waals surface area contributed by atoms with E-state index in [4.69, 9.17) is 4.74 Å². The second kappa shape index (κ2) is 9.18. The highest BCUT2D eigenvalue weighted by molar-refractivity contribution is 7.15. The number of pyridine rings is 1. The van der Waals surface area contributed by atoms with Crippen molar-refractivity contribution in [1.82, 2.24) is 14.9 Å². The van der Waals surface area contributed by atoms with E-state index in [9.17, 15) is 4.79 Å². The predicted octanol–water partition coefficient (Wildman–Crippen LogP) is 4.98. The number of hydrogen-bond donors (Lipinski definition) is 0. The molecule has 1 atom stereocenters. The minimum atomic E-state index is 0.0410. The van der Waals surface area contributed by atoms with Crippen molar-refractivity contribution in [3.8, 4) is 16.2 Å². The highest BCUT2D eigenvalue weighted by Crippen LogP contribution is 2.32. The van der Waals surface area contributed by atoms with Gasteiger partial charge in [0.15, 0.2) is 0 Å². The molecule has 4 rings (SSSR count). The maximum Gasteiger partial charge on any atom is 0.274 e. The summed E-state index contributed by atoms with van der Waals surface area (Å²) in [5, 5.41) is 0.917. The van der Waals surface area contributed by atoms with Crippen molar-refractivity contribution in [2.75, 3.05) is 13.2 Å². The number of rotatable bonds is 6. The number of carbonyl (C=O) groups excluding carboxylic acids is 1. The molecule has 3 heterocycles. The first kappa shape index (κ1) is 19.6. The van der Waals surface area contributed by atoms with Crippen LogP contribution in [0.2, 0.25) is 0 Å². The smallest absolute Gasteiger partial charge is 0.274 e. The van der Waals surface area contributed by atoms with Crippen LogP contribution in [-0.4, -0.2) is 40.0 Å². The Morgan fingerprint density at radius 2 is 2.07 bits per heavy atom. The molecule has 1 aromatic carbocycles. The lowest BCUT2D eigenvalue weighted by Crippen LogP contribution is -2.44. The number of aromatic nitrogens is 2. The van der Waals surface area contributed by atoms with Crippen molar-refractivity contribution >= 4 is 17.2 Å². The number of nitrogens with zero attached hydrogens (tertiary/aromatic N) is 3. The van der Waals surface area contributed by atoms with Crippen molar-refractivity contribution in [2.45, 2.75) is 38.6 Å². The van der Waals surface area contributed by atoms with Gasteiger partial charge in [0.25, 0.3) is 5.91 Å². The first-order chi connectivity index (χ1) is 14.2. The van der Waals surface area contributed by atoms with Gasteiger partial charge in [-0.25, -0.2) is 4.98 Å². The molecule has 29 heavy (non-hydrogen) atoms. The van der Waals surface area contributed by atoms with Gasteiger partial charge in [0.05, 0.1) is 22.7 Å². The van der Waals surface area contributed by atoms with E-state index in [0.717, 1.165) is 53.4 Å². The molecule has 6 heteroatoms. The van der Waals surface area contributed by atoms with Crippen LogP contribution in [0.4, 0.5) is 0 Å². The fourth-order valence-electron chi connectivity index (χ4n) is 3.81. The van der Waals surface area contributed by atoms with Crippen LogP contribution in [0.25, 0.3) is 10.4 Å². The Morgan fingerprint density at radius 3 is 2.86 bits per heavy atom. The maximum absolute atomic E-state index is 13.5. The van der Waals surface area contributed by atoms with Gasteiger partial charge in [0.2, 0.25) is 0 Å². The van der Waals surface area contributed by atoms with Crippen LogP contribution in [-0.2, 0) is 0 Å². The molecule has 0 bridgehead atoms. The van der Waals surface area contributed by atoms with Gasteiger partial charge in [-0.05, 0) is 43.9 Å². The summed E-state index contributed by atoms with van der Waals surface area (Å²) in [7, 11) is 0. The average molecular weight is 408 g/mol. The molecule has 3 aromatic rings. The summed E-state index contributed by atoms with van der Waals surface area (Å²) in [4.78, 5) is 25.1. The van der Waals surface area contributed by atoms with E-state index in [0.29, 0.717) is 12.3 Å². The zero-order chi connectivity index (χ0) is 20.1. The monoisotopic (exact) mass is 407 g/mol. The largest absolute Gasteiger partial charge is 0.492 e. The fraction of sp³-hybridized carbons (Fsp3) is 0.348. The number of carbonyl (C=O) groups is 1. The number of aryl methyl sites for hydroxylation is 1. The van der Waals surface area contributed by atoms with Gasteiger partial charge in [-0.1, -0.05) is 30.3 Å². The number of thiazole rings is 1. The molecule has 150 valence electrons. The molecule has 0 radical (unpaired) electrons. The van der Waals surface area contributed by atoms with Gasteiger partial charge in [0.1, 0.15) is 11.4 Å². The van der Waals surface area contributed by atoms with Gasteiger partial charge in [-0.2, -0.15) is 0 Å². The Hall–Kier alpha value is -2.73. The van der Waals surface area contributed by atoms with Crippen LogP contribution in [0.1, 0.15) is 41.2 Å². The summed E-state index contributed by atoms with van der Waals surface area (Å²) in [5.41, 5.74) is 1.63. The first-order valence-electron chi connectivity index (χ1n) is 10.1. The average Bonchev–Trinajstić information content (AvgIpc) is 3.17. The Bertz CT molecular complexity index is 943. The summed E-state index contributed by atoms with van der Waals surface area (Å²) < 4.78 is 5.83. The SMILES string of the molecule is Cc1nc(C(=O)N2CCCCC2CCOc2cccnc2)c(-c2ccccc2)s1. The molecule has 1 saturated heterocycles. The fourth-order valence-corrected chi connectivity index (χ4v) is 4.72. The third kappa shape index (κ3) is 4.65. The van der Waals surface area contributed by atoms with Gasteiger partial charge in [-0.15, -0.1) is 11.3 Å². The van der Waals surface area contributed by atoms with Crippen LogP contribution in [0, 0.1) is 6.92 Å². The Morgan fingerprint density at radius 1 is 1.21 bits per heavy atom. The third-order valence-corrected chi connectivity index (χ3v) is 6.23. The van der Waals surface area contributed by atoms with Crippen molar-refractivity contribution < 1.29 is 9.53 Å².